The van der Waals surface area contributed by atoms with E-state index < -0.39 is 11.6 Å². The Bertz CT molecular complexity index is 776. The molecule has 0 aliphatic carbocycles. The van der Waals surface area contributed by atoms with E-state index >= 15 is 0 Å². The van der Waals surface area contributed by atoms with E-state index in [-0.39, 0.29) is 25.0 Å². The van der Waals surface area contributed by atoms with Gasteiger partial charge in [0.25, 0.3) is 0 Å². The van der Waals surface area contributed by atoms with Crippen LogP contribution in [0.3, 0.4) is 0 Å². The molecule has 2 rings (SSSR count). The Morgan fingerprint density at radius 2 is 2.00 bits per heavy atom. The second-order valence-corrected chi connectivity index (χ2v) is 7.39. The highest BCUT2D eigenvalue weighted by Gasteiger charge is 2.21. The van der Waals surface area contributed by atoms with Gasteiger partial charge in [-0.2, -0.15) is 4.98 Å². The van der Waals surface area contributed by atoms with Crippen molar-refractivity contribution >= 4 is 35.0 Å². The molecule has 1 heterocycles. The van der Waals surface area contributed by atoms with Gasteiger partial charge in [0.05, 0.1) is 35.4 Å². The zero-order valence-electron chi connectivity index (χ0n) is 15.4. The Hall–Kier alpha value is -1.71. The number of nitrogens with one attached hydrogen (secondary N) is 1. The molecule has 0 bridgehead atoms. The summed E-state index contributed by atoms with van der Waals surface area (Å²) in [4.78, 5) is 4.24. The number of hydrogen-bond acceptors (Lipinski definition) is 8. The van der Waals surface area contributed by atoms with Gasteiger partial charge in [-0.15, -0.1) is 10.2 Å². The third-order valence-corrected chi connectivity index (χ3v) is 4.32. The molecule has 1 aromatic carbocycles. The standard InChI is InChI=1S/C17H23Cl2N5O3/c1-17(2,9-27-8-10(25)7-26-3)22-16-21-15(20)14(23-24-16)11-5-4-6-12(18)13(11)19/h4-6,10,25H,7-9H2,1-3H3,(H3,20,21,22,24)/t10-/m1/s1. The van der Waals surface area contributed by atoms with Crippen molar-refractivity contribution in [3.63, 3.8) is 0 Å². The maximum absolute atomic E-state index is 9.61. The summed E-state index contributed by atoms with van der Waals surface area (Å²) >= 11 is 12.2. The largest absolute Gasteiger partial charge is 0.388 e. The highest BCUT2D eigenvalue weighted by Crippen LogP contribution is 2.34. The van der Waals surface area contributed by atoms with Crippen LogP contribution in [0.25, 0.3) is 11.3 Å². The average molecular weight is 416 g/mol. The van der Waals surface area contributed by atoms with Gasteiger partial charge in [-0.3, -0.25) is 0 Å². The molecule has 148 valence electrons. The second-order valence-electron chi connectivity index (χ2n) is 6.60. The van der Waals surface area contributed by atoms with Crippen LogP contribution in [0.15, 0.2) is 18.2 Å². The number of ether oxygens (including phenoxy) is 2. The van der Waals surface area contributed by atoms with E-state index in [2.05, 4.69) is 20.5 Å². The lowest BCUT2D eigenvalue weighted by Crippen LogP contribution is -2.38. The van der Waals surface area contributed by atoms with Gasteiger partial charge in [-0.05, 0) is 19.9 Å². The summed E-state index contributed by atoms with van der Waals surface area (Å²) in [6, 6.07) is 5.16. The number of benzene rings is 1. The Labute approximate surface area is 168 Å². The summed E-state index contributed by atoms with van der Waals surface area (Å²) in [5.41, 5.74) is 6.42. The predicted molar refractivity (Wildman–Crippen MR) is 106 cm³/mol. The molecule has 0 radical (unpaired) electrons. The molecule has 27 heavy (non-hydrogen) atoms. The molecule has 0 aliphatic heterocycles. The molecule has 1 aromatic heterocycles. The molecule has 0 saturated heterocycles. The summed E-state index contributed by atoms with van der Waals surface area (Å²) in [6.07, 6.45) is -0.680. The van der Waals surface area contributed by atoms with Gasteiger partial charge in [0.15, 0.2) is 5.82 Å². The Morgan fingerprint density at radius 3 is 2.67 bits per heavy atom. The van der Waals surface area contributed by atoms with Crippen LogP contribution in [0, 0.1) is 0 Å². The van der Waals surface area contributed by atoms with Gasteiger partial charge < -0.3 is 25.6 Å². The summed E-state index contributed by atoms with van der Waals surface area (Å²) in [5.74, 6) is 0.421. The van der Waals surface area contributed by atoms with Gasteiger partial charge in [-0.1, -0.05) is 35.3 Å². The number of aliphatic hydroxyl groups excluding tert-OH is 1. The molecular weight excluding hydrogens is 393 g/mol. The first-order valence-corrected chi connectivity index (χ1v) is 8.96. The number of methoxy groups -OCH3 is 1. The number of nitrogens with zero attached hydrogens (tertiary/aromatic N) is 3. The number of aliphatic hydroxyl groups is 1. The maximum Gasteiger partial charge on any atom is 0.245 e. The fourth-order valence-electron chi connectivity index (χ4n) is 2.30. The van der Waals surface area contributed by atoms with Crippen molar-refractivity contribution in [2.75, 3.05) is 38.0 Å². The summed E-state index contributed by atoms with van der Waals surface area (Å²) in [7, 11) is 1.52. The van der Waals surface area contributed by atoms with Crippen molar-refractivity contribution in [2.24, 2.45) is 0 Å². The maximum atomic E-state index is 9.61. The second kappa shape index (κ2) is 9.48. The third kappa shape index (κ3) is 6.15. The Balaban J connectivity index is 2.05. The summed E-state index contributed by atoms with van der Waals surface area (Å²) in [6.45, 7) is 4.48. The number of aromatic nitrogens is 3. The molecule has 2 aromatic rings. The fraction of sp³-hybridized carbons (Fsp3) is 0.471. The van der Waals surface area contributed by atoms with Gasteiger partial charge in [-0.25, -0.2) is 0 Å². The van der Waals surface area contributed by atoms with Gasteiger partial charge in [0.2, 0.25) is 5.95 Å². The summed E-state index contributed by atoms with van der Waals surface area (Å²) < 4.78 is 10.4. The van der Waals surface area contributed by atoms with Crippen LogP contribution < -0.4 is 11.1 Å². The van der Waals surface area contributed by atoms with E-state index in [0.717, 1.165) is 0 Å². The number of anilines is 2. The molecule has 0 fully saturated rings. The van der Waals surface area contributed by atoms with Crippen molar-refractivity contribution in [1.29, 1.82) is 0 Å². The van der Waals surface area contributed by atoms with E-state index in [1.165, 1.54) is 7.11 Å². The van der Waals surface area contributed by atoms with Crippen LogP contribution in [0.5, 0.6) is 0 Å². The zero-order valence-corrected chi connectivity index (χ0v) is 16.9. The number of nitrogen functional groups attached to an aromatic ring is 1. The molecule has 10 heteroatoms. The van der Waals surface area contributed by atoms with E-state index in [4.69, 9.17) is 38.4 Å². The molecule has 0 unspecified atom stereocenters. The lowest BCUT2D eigenvalue weighted by atomic mass is 10.1. The minimum Gasteiger partial charge on any atom is -0.388 e. The predicted octanol–water partition coefficient (Wildman–Crippen LogP) is 2.64. The quantitative estimate of drug-likeness (QED) is 0.572. The summed E-state index contributed by atoms with van der Waals surface area (Å²) in [5, 5.41) is 21.6. The molecule has 4 N–H and O–H groups in total. The normalized spacial score (nSPS) is 12.8. The van der Waals surface area contributed by atoms with Crippen LogP contribution in [-0.4, -0.2) is 58.9 Å². The molecule has 8 nitrogen and oxygen atoms in total. The molecule has 0 saturated carbocycles. The number of rotatable bonds is 9. The smallest absolute Gasteiger partial charge is 0.245 e. The van der Waals surface area contributed by atoms with Crippen molar-refractivity contribution in [3.8, 4) is 11.3 Å². The molecule has 0 amide bonds. The van der Waals surface area contributed by atoms with Crippen molar-refractivity contribution < 1.29 is 14.6 Å². The minimum absolute atomic E-state index is 0.159. The number of hydrogen-bond donors (Lipinski definition) is 3. The Morgan fingerprint density at radius 1 is 1.26 bits per heavy atom. The number of nitrogens with two attached hydrogens (primary N) is 1. The molecular formula is C17H23Cl2N5O3. The topological polar surface area (TPSA) is 115 Å². The van der Waals surface area contributed by atoms with Crippen LogP contribution >= 0.6 is 23.2 Å². The zero-order chi connectivity index (χ0) is 20.0. The van der Waals surface area contributed by atoms with Gasteiger partial charge in [0, 0.05) is 12.7 Å². The van der Waals surface area contributed by atoms with E-state index in [1.807, 2.05) is 13.8 Å². The monoisotopic (exact) mass is 415 g/mol. The van der Waals surface area contributed by atoms with Gasteiger partial charge >= 0.3 is 0 Å². The van der Waals surface area contributed by atoms with Crippen LogP contribution in [0.4, 0.5) is 11.8 Å². The van der Waals surface area contributed by atoms with E-state index in [0.29, 0.717) is 27.9 Å². The third-order valence-electron chi connectivity index (χ3n) is 3.50. The highest BCUT2D eigenvalue weighted by molar-refractivity contribution is 6.43. The fourth-order valence-corrected chi connectivity index (χ4v) is 2.69. The van der Waals surface area contributed by atoms with Crippen molar-refractivity contribution in [2.45, 2.75) is 25.5 Å². The van der Waals surface area contributed by atoms with Crippen molar-refractivity contribution in [3.05, 3.63) is 28.2 Å². The first kappa shape index (κ1) is 21.6. The number of halogens is 2. The first-order chi connectivity index (χ1) is 12.7. The van der Waals surface area contributed by atoms with Gasteiger partial charge in [0.1, 0.15) is 11.8 Å². The SMILES string of the molecule is COC[C@@H](O)COCC(C)(C)Nc1nnc(-c2cccc(Cl)c2Cl)c(N)n1. The van der Waals surface area contributed by atoms with E-state index in [9.17, 15) is 5.11 Å². The van der Waals surface area contributed by atoms with Crippen molar-refractivity contribution in [1.82, 2.24) is 15.2 Å². The lowest BCUT2D eigenvalue weighted by Gasteiger charge is -2.26. The first-order valence-electron chi connectivity index (χ1n) is 8.21. The molecule has 1 atom stereocenters. The minimum atomic E-state index is -0.680. The average Bonchev–Trinajstić information content (AvgIpc) is 2.58. The lowest BCUT2D eigenvalue weighted by molar-refractivity contribution is -0.0138. The Kier molecular flexibility index (Phi) is 7.58. The molecule has 0 aliphatic rings. The van der Waals surface area contributed by atoms with E-state index in [1.54, 1.807) is 18.2 Å². The molecule has 0 spiro atoms. The van der Waals surface area contributed by atoms with Crippen LogP contribution in [0.2, 0.25) is 10.0 Å². The van der Waals surface area contributed by atoms with Crippen LogP contribution in [-0.2, 0) is 9.47 Å². The highest BCUT2D eigenvalue weighted by atomic mass is 35.5. The van der Waals surface area contributed by atoms with Crippen LogP contribution in [0.1, 0.15) is 13.8 Å².